The zero-order chi connectivity index (χ0) is 16.9. The molecule has 0 spiro atoms. The van der Waals surface area contributed by atoms with Gasteiger partial charge in [-0.3, -0.25) is 4.79 Å². The Hall–Kier alpha value is -3.21. The van der Waals surface area contributed by atoms with Crippen molar-refractivity contribution in [3.8, 4) is 11.5 Å². The van der Waals surface area contributed by atoms with Gasteiger partial charge in [-0.15, -0.1) is 0 Å². The number of carbonyl (C=O) groups is 1. The average Bonchev–Trinajstić information content (AvgIpc) is 2.57. The first kappa shape index (κ1) is 15.7. The molecule has 0 radical (unpaired) electrons. The number of rotatable bonds is 4. The third kappa shape index (κ3) is 3.57. The van der Waals surface area contributed by atoms with E-state index in [1.165, 1.54) is 6.07 Å². The van der Waals surface area contributed by atoms with Gasteiger partial charge in [0.2, 0.25) is 0 Å². The number of nitrogens with one attached hydrogen (secondary N) is 1. The Morgan fingerprint density at radius 2 is 1.33 bits per heavy atom. The van der Waals surface area contributed by atoms with Crippen LogP contribution in [0.3, 0.4) is 0 Å². The zero-order valence-corrected chi connectivity index (χ0v) is 12.5. The fraction of sp³-hybridized carbons (Fsp3) is 0. The highest BCUT2D eigenvalue weighted by molar-refractivity contribution is 6.04. The van der Waals surface area contributed by atoms with Crippen LogP contribution < -0.4 is 10.1 Å². The second-order valence-corrected chi connectivity index (χ2v) is 4.99. The minimum absolute atomic E-state index is 0.406. The van der Waals surface area contributed by atoms with Crippen LogP contribution >= 0.6 is 0 Å². The van der Waals surface area contributed by atoms with Crippen molar-refractivity contribution in [1.29, 1.82) is 0 Å². The number of halogens is 2. The van der Waals surface area contributed by atoms with Crippen LogP contribution in [-0.2, 0) is 0 Å². The number of benzene rings is 3. The molecule has 1 N–H and O–H groups in total. The van der Waals surface area contributed by atoms with Crippen LogP contribution in [0.4, 0.5) is 14.5 Å². The van der Waals surface area contributed by atoms with Crippen molar-refractivity contribution in [2.24, 2.45) is 0 Å². The Morgan fingerprint density at radius 3 is 1.96 bits per heavy atom. The second-order valence-electron chi connectivity index (χ2n) is 4.99. The lowest BCUT2D eigenvalue weighted by molar-refractivity contribution is 0.101. The summed E-state index contributed by atoms with van der Waals surface area (Å²) in [5, 5.41) is 2.46. The van der Waals surface area contributed by atoms with Crippen molar-refractivity contribution < 1.29 is 18.3 Å². The molecule has 3 aromatic carbocycles. The van der Waals surface area contributed by atoms with E-state index in [1.54, 1.807) is 24.3 Å². The molecule has 0 bridgehead atoms. The number of ether oxygens (including phenoxy) is 1. The molecule has 0 aliphatic heterocycles. The summed E-state index contributed by atoms with van der Waals surface area (Å²) in [6.45, 7) is 0. The molecule has 0 aliphatic carbocycles. The molecule has 5 heteroatoms. The summed E-state index contributed by atoms with van der Waals surface area (Å²) in [6.07, 6.45) is 0. The predicted octanol–water partition coefficient (Wildman–Crippen LogP) is 5.01. The molecule has 0 atom stereocenters. The SMILES string of the molecule is O=C(Nc1ccc(Oc2ccccc2)cc1)c1c(F)cccc1F. The molecule has 3 rings (SSSR count). The monoisotopic (exact) mass is 325 g/mol. The maximum atomic E-state index is 13.6. The highest BCUT2D eigenvalue weighted by atomic mass is 19.1. The summed E-state index contributed by atoms with van der Waals surface area (Å²) < 4.78 is 32.8. The minimum Gasteiger partial charge on any atom is -0.457 e. The van der Waals surface area contributed by atoms with E-state index in [9.17, 15) is 13.6 Å². The first-order valence-electron chi connectivity index (χ1n) is 7.22. The van der Waals surface area contributed by atoms with Crippen molar-refractivity contribution in [2.45, 2.75) is 0 Å². The molecular formula is C19H13F2NO2. The van der Waals surface area contributed by atoms with Crippen molar-refractivity contribution in [3.63, 3.8) is 0 Å². The van der Waals surface area contributed by atoms with Gasteiger partial charge in [0.15, 0.2) is 0 Å². The van der Waals surface area contributed by atoms with Crippen LogP contribution in [0.25, 0.3) is 0 Å². The van der Waals surface area contributed by atoms with E-state index in [0.29, 0.717) is 17.2 Å². The van der Waals surface area contributed by atoms with E-state index < -0.39 is 23.1 Å². The lowest BCUT2D eigenvalue weighted by Gasteiger charge is -2.09. The van der Waals surface area contributed by atoms with Crippen LogP contribution in [-0.4, -0.2) is 5.91 Å². The molecule has 24 heavy (non-hydrogen) atoms. The average molecular weight is 325 g/mol. The normalized spacial score (nSPS) is 10.2. The standard InChI is InChI=1S/C19H13F2NO2/c20-16-7-4-8-17(21)18(16)19(23)22-13-9-11-15(12-10-13)24-14-5-2-1-3-6-14/h1-12H,(H,22,23). The van der Waals surface area contributed by atoms with Crippen molar-refractivity contribution in [1.82, 2.24) is 0 Å². The van der Waals surface area contributed by atoms with Crippen LogP contribution in [0.2, 0.25) is 0 Å². The Kier molecular flexibility index (Phi) is 4.52. The van der Waals surface area contributed by atoms with Crippen LogP contribution in [0.5, 0.6) is 11.5 Å². The Bertz CT molecular complexity index is 829. The molecule has 3 nitrogen and oxygen atoms in total. The first-order chi connectivity index (χ1) is 11.6. The molecule has 0 saturated carbocycles. The molecule has 0 saturated heterocycles. The Labute approximate surface area is 137 Å². The molecule has 120 valence electrons. The quantitative estimate of drug-likeness (QED) is 0.732. The fourth-order valence-corrected chi connectivity index (χ4v) is 2.14. The summed E-state index contributed by atoms with van der Waals surface area (Å²) >= 11 is 0. The van der Waals surface area contributed by atoms with E-state index >= 15 is 0 Å². The molecule has 1 amide bonds. The van der Waals surface area contributed by atoms with Crippen molar-refractivity contribution in [2.75, 3.05) is 5.32 Å². The Morgan fingerprint density at radius 1 is 0.750 bits per heavy atom. The van der Waals surface area contributed by atoms with Gasteiger partial charge in [0, 0.05) is 5.69 Å². The lowest BCUT2D eigenvalue weighted by atomic mass is 10.1. The van der Waals surface area contributed by atoms with Crippen LogP contribution in [0.15, 0.2) is 72.8 Å². The number of anilines is 1. The molecule has 0 fully saturated rings. The third-order valence-corrected chi connectivity index (χ3v) is 3.28. The van der Waals surface area contributed by atoms with E-state index in [-0.39, 0.29) is 0 Å². The number of hydrogen-bond donors (Lipinski definition) is 1. The zero-order valence-electron chi connectivity index (χ0n) is 12.5. The van der Waals surface area contributed by atoms with Crippen LogP contribution in [0, 0.1) is 11.6 Å². The molecule has 0 unspecified atom stereocenters. The predicted molar refractivity (Wildman–Crippen MR) is 87.3 cm³/mol. The fourth-order valence-electron chi connectivity index (χ4n) is 2.14. The molecule has 0 heterocycles. The van der Waals surface area contributed by atoms with Gasteiger partial charge in [0.1, 0.15) is 28.7 Å². The lowest BCUT2D eigenvalue weighted by Crippen LogP contribution is -2.15. The Balaban J connectivity index is 1.71. The first-order valence-corrected chi connectivity index (χ1v) is 7.22. The molecular weight excluding hydrogens is 312 g/mol. The number of amides is 1. The van der Waals surface area contributed by atoms with Gasteiger partial charge in [0.05, 0.1) is 0 Å². The summed E-state index contributed by atoms with van der Waals surface area (Å²) in [4.78, 5) is 12.0. The van der Waals surface area contributed by atoms with Gasteiger partial charge >= 0.3 is 0 Å². The summed E-state index contributed by atoms with van der Waals surface area (Å²) in [7, 11) is 0. The third-order valence-electron chi connectivity index (χ3n) is 3.28. The second kappa shape index (κ2) is 6.91. The smallest absolute Gasteiger partial charge is 0.261 e. The number of para-hydroxylation sites is 1. The van der Waals surface area contributed by atoms with E-state index in [2.05, 4.69) is 5.32 Å². The summed E-state index contributed by atoms with van der Waals surface area (Å²) in [6, 6.07) is 19.0. The van der Waals surface area contributed by atoms with E-state index in [1.807, 2.05) is 30.3 Å². The van der Waals surface area contributed by atoms with Gasteiger partial charge < -0.3 is 10.1 Å². The van der Waals surface area contributed by atoms with Crippen molar-refractivity contribution in [3.05, 3.63) is 90.0 Å². The number of carbonyl (C=O) groups excluding carboxylic acids is 1. The van der Waals surface area contributed by atoms with Crippen LogP contribution in [0.1, 0.15) is 10.4 Å². The summed E-state index contributed by atoms with van der Waals surface area (Å²) in [5.41, 5.74) is -0.204. The highest BCUT2D eigenvalue weighted by Crippen LogP contribution is 2.23. The summed E-state index contributed by atoms with van der Waals surface area (Å²) in [5.74, 6) is -1.39. The maximum Gasteiger partial charge on any atom is 0.261 e. The van der Waals surface area contributed by atoms with Crippen molar-refractivity contribution >= 4 is 11.6 Å². The van der Waals surface area contributed by atoms with Gasteiger partial charge in [-0.25, -0.2) is 8.78 Å². The highest BCUT2D eigenvalue weighted by Gasteiger charge is 2.16. The maximum absolute atomic E-state index is 13.6. The molecule has 0 aliphatic rings. The molecule has 3 aromatic rings. The number of hydrogen-bond acceptors (Lipinski definition) is 2. The van der Waals surface area contributed by atoms with Gasteiger partial charge in [-0.1, -0.05) is 24.3 Å². The topological polar surface area (TPSA) is 38.3 Å². The van der Waals surface area contributed by atoms with Gasteiger partial charge in [0.25, 0.3) is 5.91 Å². The molecule has 0 aromatic heterocycles. The van der Waals surface area contributed by atoms with E-state index in [4.69, 9.17) is 4.74 Å². The van der Waals surface area contributed by atoms with E-state index in [0.717, 1.165) is 12.1 Å². The minimum atomic E-state index is -0.906. The van der Waals surface area contributed by atoms with Gasteiger partial charge in [-0.05, 0) is 48.5 Å². The van der Waals surface area contributed by atoms with Gasteiger partial charge in [-0.2, -0.15) is 0 Å². The largest absolute Gasteiger partial charge is 0.457 e.